The number of hydrogen-bond donors (Lipinski definition) is 0. The van der Waals surface area contributed by atoms with Gasteiger partial charge in [0.25, 0.3) is 0 Å². The molecule has 0 N–H and O–H groups in total. The molecule has 0 saturated heterocycles. The predicted molar refractivity (Wildman–Crippen MR) is 58.6 cm³/mol. The molecule has 0 amide bonds. The molecule has 0 spiro atoms. The Hall–Kier alpha value is -0.850. The third-order valence-corrected chi connectivity index (χ3v) is 2.53. The molecule has 0 unspecified atom stereocenters. The van der Waals surface area contributed by atoms with Gasteiger partial charge in [0.15, 0.2) is 0 Å². The number of alkyl halides is 4. The van der Waals surface area contributed by atoms with Gasteiger partial charge in [0, 0.05) is 24.3 Å². The Bertz CT molecular complexity index is 326. The van der Waals surface area contributed by atoms with Crippen LogP contribution in [0.1, 0.15) is 12.5 Å². The second-order valence-electron chi connectivity index (χ2n) is 3.15. The van der Waals surface area contributed by atoms with Gasteiger partial charge in [-0.3, -0.25) is 0 Å². The minimum absolute atomic E-state index is 0.101. The Morgan fingerprint density at radius 1 is 1.31 bits per heavy atom. The summed E-state index contributed by atoms with van der Waals surface area (Å²) < 4.78 is 36.7. The van der Waals surface area contributed by atoms with Gasteiger partial charge in [-0.05, 0) is 12.5 Å². The second kappa shape index (κ2) is 5.47. The lowest BCUT2D eigenvalue weighted by atomic mass is 10.4. The number of rotatable bonds is 4. The molecular formula is C9H11BrF3N3. The first-order valence-corrected chi connectivity index (χ1v) is 5.77. The SMILES string of the molecule is CCN(CC(F)(F)F)c1ncc(CBr)cn1. The van der Waals surface area contributed by atoms with E-state index in [-0.39, 0.29) is 12.5 Å². The molecule has 1 rings (SSSR count). The highest BCUT2D eigenvalue weighted by Crippen LogP contribution is 2.19. The van der Waals surface area contributed by atoms with Crippen LogP contribution in [0.5, 0.6) is 0 Å². The first-order chi connectivity index (χ1) is 7.46. The summed E-state index contributed by atoms with van der Waals surface area (Å²) in [6, 6.07) is 0. The molecule has 3 nitrogen and oxygen atoms in total. The fraction of sp³-hybridized carbons (Fsp3) is 0.556. The fourth-order valence-corrected chi connectivity index (χ4v) is 1.41. The van der Waals surface area contributed by atoms with Gasteiger partial charge in [-0.2, -0.15) is 13.2 Å². The molecule has 0 bridgehead atoms. The van der Waals surface area contributed by atoms with E-state index in [1.54, 1.807) is 6.92 Å². The highest BCUT2D eigenvalue weighted by atomic mass is 79.9. The maximum absolute atomic E-state index is 12.2. The summed E-state index contributed by atoms with van der Waals surface area (Å²) in [5.41, 5.74) is 0.826. The van der Waals surface area contributed by atoms with Crippen molar-refractivity contribution in [3.8, 4) is 0 Å². The van der Waals surface area contributed by atoms with Crippen molar-refractivity contribution in [2.75, 3.05) is 18.0 Å². The van der Waals surface area contributed by atoms with E-state index in [0.29, 0.717) is 5.33 Å². The van der Waals surface area contributed by atoms with Crippen molar-refractivity contribution >= 4 is 21.9 Å². The fourth-order valence-electron chi connectivity index (χ4n) is 1.12. The number of anilines is 1. The molecule has 0 saturated carbocycles. The van der Waals surface area contributed by atoms with Crippen molar-refractivity contribution in [1.29, 1.82) is 0 Å². The van der Waals surface area contributed by atoms with E-state index in [4.69, 9.17) is 0 Å². The van der Waals surface area contributed by atoms with Crippen LogP contribution >= 0.6 is 15.9 Å². The molecule has 1 aromatic rings. The highest BCUT2D eigenvalue weighted by molar-refractivity contribution is 9.08. The van der Waals surface area contributed by atoms with Crippen LogP contribution < -0.4 is 4.90 Å². The minimum atomic E-state index is -4.24. The van der Waals surface area contributed by atoms with Gasteiger partial charge in [0.2, 0.25) is 5.95 Å². The first kappa shape index (κ1) is 13.2. The summed E-state index contributed by atoms with van der Waals surface area (Å²) in [6.45, 7) is 0.817. The van der Waals surface area contributed by atoms with Crippen LogP contribution in [-0.4, -0.2) is 29.2 Å². The molecule has 7 heteroatoms. The zero-order chi connectivity index (χ0) is 12.2. The van der Waals surface area contributed by atoms with Crippen molar-refractivity contribution in [1.82, 2.24) is 9.97 Å². The number of halogens is 4. The number of nitrogens with zero attached hydrogens (tertiary/aromatic N) is 3. The van der Waals surface area contributed by atoms with Crippen LogP contribution in [0.2, 0.25) is 0 Å². The molecular weight excluding hydrogens is 287 g/mol. The monoisotopic (exact) mass is 297 g/mol. The summed E-state index contributed by atoms with van der Waals surface area (Å²) in [7, 11) is 0. The van der Waals surface area contributed by atoms with E-state index < -0.39 is 12.7 Å². The lowest BCUT2D eigenvalue weighted by Gasteiger charge is -2.21. The van der Waals surface area contributed by atoms with Gasteiger partial charge in [0.1, 0.15) is 6.54 Å². The average molecular weight is 298 g/mol. The minimum Gasteiger partial charge on any atom is -0.332 e. The topological polar surface area (TPSA) is 29.0 Å². The first-order valence-electron chi connectivity index (χ1n) is 4.65. The molecule has 1 heterocycles. The zero-order valence-corrected chi connectivity index (χ0v) is 10.2. The smallest absolute Gasteiger partial charge is 0.332 e. The van der Waals surface area contributed by atoms with Crippen LogP contribution in [0.15, 0.2) is 12.4 Å². The summed E-state index contributed by atoms with van der Waals surface area (Å²) in [5, 5.41) is 0.582. The Morgan fingerprint density at radius 3 is 2.25 bits per heavy atom. The Balaban J connectivity index is 2.79. The standard InChI is InChI=1S/C9H11BrF3N3/c1-2-16(6-9(11,12)13)8-14-4-7(3-10)5-15-8/h4-5H,2-3,6H2,1H3. The Morgan fingerprint density at radius 2 is 1.88 bits per heavy atom. The number of hydrogen-bond acceptors (Lipinski definition) is 3. The van der Waals surface area contributed by atoms with Crippen LogP contribution in [0.25, 0.3) is 0 Å². The van der Waals surface area contributed by atoms with Crippen LogP contribution in [-0.2, 0) is 5.33 Å². The van der Waals surface area contributed by atoms with E-state index in [1.165, 1.54) is 12.4 Å². The molecule has 0 atom stereocenters. The maximum atomic E-state index is 12.2. The highest BCUT2D eigenvalue weighted by Gasteiger charge is 2.31. The van der Waals surface area contributed by atoms with Gasteiger partial charge in [-0.25, -0.2) is 9.97 Å². The molecule has 0 aliphatic heterocycles. The quantitative estimate of drug-likeness (QED) is 0.800. The lowest BCUT2D eigenvalue weighted by Crippen LogP contribution is -2.35. The molecule has 0 aromatic carbocycles. The van der Waals surface area contributed by atoms with Gasteiger partial charge in [-0.1, -0.05) is 15.9 Å². The van der Waals surface area contributed by atoms with Gasteiger partial charge in [0.05, 0.1) is 0 Å². The lowest BCUT2D eigenvalue weighted by molar-refractivity contribution is -0.119. The number of aromatic nitrogens is 2. The summed E-state index contributed by atoms with van der Waals surface area (Å²) >= 11 is 3.21. The van der Waals surface area contributed by atoms with Gasteiger partial charge in [-0.15, -0.1) is 0 Å². The Kier molecular flexibility index (Phi) is 4.52. The van der Waals surface area contributed by atoms with Crippen LogP contribution in [0.4, 0.5) is 19.1 Å². The van der Waals surface area contributed by atoms with E-state index in [9.17, 15) is 13.2 Å². The van der Waals surface area contributed by atoms with Crippen molar-refractivity contribution in [2.45, 2.75) is 18.4 Å². The molecule has 0 radical (unpaired) electrons. The van der Waals surface area contributed by atoms with Crippen molar-refractivity contribution in [2.24, 2.45) is 0 Å². The molecule has 16 heavy (non-hydrogen) atoms. The predicted octanol–water partition coefficient (Wildman–Crippen LogP) is 2.76. The average Bonchev–Trinajstić information content (AvgIpc) is 2.25. The normalized spacial score (nSPS) is 11.6. The zero-order valence-electron chi connectivity index (χ0n) is 8.63. The molecule has 1 aromatic heterocycles. The maximum Gasteiger partial charge on any atom is 0.406 e. The van der Waals surface area contributed by atoms with E-state index in [2.05, 4.69) is 25.9 Å². The second-order valence-corrected chi connectivity index (χ2v) is 3.72. The summed E-state index contributed by atoms with van der Waals surface area (Å²) in [6.07, 6.45) is -1.22. The molecule has 0 fully saturated rings. The van der Waals surface area contributed by atoms with Crippen molar-refractivity contribution in [3.05, 3.63) is 18.0 Å². The van der Waals surface area contributed by atoms with E-state index in [1.807, 2.05) is 0 Å². The molecule has 90 valence electrons. The Labute approximate surface area is 99.8 Å². The molecule has 0 aliphatic carbocycles. The third-order valence-electron chi connectivity index (χ3n) is 1.88. The van der Waals surface area contributed by atoms with Gasteiger partial charge >= 0.3 is 6.18 Å². The largest absolute Gasteiger partial charge is 0.406 e. The molecule has 0 aliphatic rings. The van der Waals surface area contributed by atoms with E-state index in [0.717, 1.165) is 10.5 Å². The van der Waals surface area contributed by atoms with Gasteiger partial charge < -0.3 is 4.90 Å². The summed E-state index contributed by atoms with van der Waals surface area (Å²) in [5.74, 6) is 0.101. The van der Waals surface area contributed by atoms with Crippen LogP contribution in [0, 0.1) is 0 Å². The van der Waals surface area contributed by atoms with Crippen molar-refractivity contribution in [3.63, 3.8) is 0 Å². The third kappa shape index (κ3) is 3.96. The van der Waals surface area contributed by atoms with E-state index >= 15 is 0 Å². The van der Waals surface area contributed by atoms with Crippen LogP contribution in [0.3, 0.4) is 0 Å². The van der Waals surface area contributed by atoms with Crippen molar-refractivity contribution < 1.29 is 13.2 Å². The summed E-state index contributed by atoms with van der Waals surface area (Å²) in [4.78, 5) is 8.86.